The van der Waals surface area contributed by atoms with Crippen LogP contribution in [0.1, 0.15) is 31.4 Å². The minimum atomic E-state index is -0.839. The fraction of sp³-hybridized carbons (Fsp3) is 0.500. The molecule has 100 valence electrons. The molecule has 0 fully saturated rings. The first-order valence-electron chi connectivity index (χ1n) is 6.15. The van der Waals surface area contributed by atoms with E-state index in [9.17, 15) is 9.18 Å². The van der Waals surface area contributed by atoms with Crippen LogP contribution in [0.15, 0.2) is 18.2 Å². The van der Waals surface area contributed by atoms with Crippen LogP contribution in [0, 0.1) is 12.7 Å². The van der Waals surface area contributed by atoms with E-state index in [4.69, 9.17) is 5.11 Å². The average molecular weight is 253 g/mol. The minimum Gasteiger partial charge on any atom is -0.480 e. The Hall–Kier alpha value is -1.42. The molecule has 18 heavy (non-hydrogen) atoms. The molecule has 0 aliphatic rings. The summed E-state index contributed by atoms with van der Waals surface area (Å²) in [6.45, 7) is 6.27. The number of carboxylic acid groups (broad SMARTS) is 1. The van der Waals surface area contributed by atoms with Gasteiger partial charge in [0.15, 0.2) is 0 Å². The molecule has 0 aliphatic carbocycles. The molecule has 1 rings (SSSR count). The van der Waals surface area contributed by atoms with Gasteiger partial charge in [-0.25, -0.2) is 4.39 Å². The van der Waals surface area contributed by atoms with Crippen molar-refractivity contribution in [3.8, 4) is 0 Å². The summed E-state index contributed by atoms with van der Waals surface area (Å²) >= 11 is 0. The lowest BCUT2D eigenvalue weighted by atomic mass is 10.1. The number of benzene rings is 1. The van der Waals surface area contributed by atoms with E-state index in [1.165, 1.54) is 6.07 Å². The molecule has 0 saturated carbocycles. The van der Waals surface area contributed by atoms with Gasteiger partial charge in [-0.1, -0.05) is 19.1 Å². The third-order valence-electron chi connectivity index (χ3n) is 3.16. The summed E-state index contributed by atoms with van der Waals surface area (Å²) in [6, 6.07) is 5.10. The lowest BCUT2D eigenvalue weighted by Crippen LogP contribution is -2.36. The molecule has 0 radical (unpaired) electrons. The molecule has 0 amide bonds. The van der Waals surface area contributed by atoms with E-state index in [0.717, 1.165) is 12.0 Å². The van der Waals surface area contributed by atoms with Crippen LogP contribution in [0.25, 0.3) is 0 Å². The van der Waals surface area contributed by atoms with E-state index in [1.807, 2.05) is 18.7 Å². The number of rotatable bonds is 6. The molecule has 0 heterocycles. The summed E-state index contributed by atoms with van der Waals surface area (Å²) in [4.78, 5) is 12.7. The number of aliphatic carboxylic acids is 1. The first kappa shape index (κ1) is 14.6. The molecule has 1 aromatic rings. The van der Waals surface area contributed by atoms with Gasteiger partial charge in [0.1, 0.15) is 5.82 Å². The summed E-state index contributed by atoms with van der Waals surface area (Å²) in [5.74, 6) is -1.07. The van der Waals surface area contributed by atoms with Crippen LogP contribution in [0.2, 0.25) is 0 Å². The second kappa shape index (κ2) is 6.50. The number of carbonyl (C=O) groups is 1. The fourth-order valence-electron chi connectivity index (χ4n) is 1.84. The average Bonchev–Trinajstić information content (AvgIpc) is 2.31. The lowest BCUT2D eigenvalue weighted by Gasteiger charge is -2.26. The number of nitrogens with zero attached hydrogens (tertiary/aromatic N) is 1. The second-order valence-corrected chi connectivity index (χ2v) is 4.64. The van der Waals surface area contributed by atoms with Crippen LogP contribution in [0.5, 0.6) is 0 Å². The van der Waals surface area contributed by atoms with Crippen LogP contribution >= 0.6 is 0 Å². The Balaban J connectivity index is 2.81. The smallest absolute Gasteiger partial charge is 0.317 e. The molecule has 1 unspecified atom stereocenters. The number of hydrogen-bond donors (Lipinski definition) is 1. The molecule has 0 spiro atoms. The van der Waals surface area contributed by atoms with Gasteiger partial charge in [0.25, 0.3) is 0 Å². The van der Waals surface area contributed by atoms with Crippen molar-refractivity contribution in [1.82, 2.24) is 4.90 Å². The highest BCUT2D eigenvalue weighted by Gasteiger charge is 2.16. The van der Waals surface area contributed by atoms with Gasteiger partial charge in [-0.05, 0) is 37.5 Å². The van der Waals surface area contributed by atoms with Crippen molar-refractivity contribution in [2.75, 3.05) is 6.54 Å². The van der Waals surface area contributed by atoms with Crippen molar-refractivity contribution in [2.24, 2.45) is 0 Å². The van der Waals surface area contributed by atoms with Gasteiger partial charge in [0.05, 0.1) is 6.54 Å². The molecule has 0 aromatic heterocycles. The van der Waals surface area contributed by atoms with E-state index in [-0.39, 0.29) is 18.4 Å². The van der Waals surface area contributed by atoms with Crippen molar-refractivity contribution in [2.45, 2.75) is 39.8 Å². The lowest BCUT2D eigenvalue weighted by molar-refractivity contribution is -0.139. The summed E-state index contributed by atoms with van der Waals surface area (Å²) in [6.07, 6.45) is 0.882. The highest BCUT2D eigenvalue weighted by atomic mass is 19.1. The molecular formula is C14H20FNO2. The Labute approximate surface area is 107 Å². The van der Waals surface area contributed by atoms with E-state index in [0.29, 0.717) is 12.1 Å². The maximum Gasteiger partial charge on any atom is 0.317 e. The summed E-state index contributed by atoms with van der Waals surface area (Å²) in [5, 5.41) is 8.90. The molecule has 0 saturated heterocycles. The van der Waals surface area contributed by atoms with Crippen LogP contribution in [-0.2, 0) is 11.3 Å². The predicted molar refractivity (Wildman–Crippen MR) is 68.9 cm³/mol. The zero-order valence-electron chi connectivity index (χ0n) is 11.1. The Morgan fingerprint density at radius 1 is 1.50 bits per heavy atom. The van der Waals surface area contributed by atoms with Crippen LogP contribution < -0.4 is 0 Å². The monoisotopic (exact) mass is 253 g/mol. The molecule has 0 bridgehead atoms. The maximum atomic E-state index is 13.2. The normalized spacial score (nSPS) is 12.7. The van der Waals surface area contributed by atoms with Gasteiger partial charge in [-0.3, -0.25) is 9.69 Å². The predicted octanol–water partition coefficient (Wildman–Crippen LogP) is 2.82. The molecule has 1 atom stereocenters. The Bertz CT molecular complexity index is 420. The summed E-state index contributed by atoms with van der Waals surface area (Å²) in [7, 11) is 0. The molecule has 1 N–H and O–H groups in total. The van der Waals surface area contributed by atoms with Crippen molar-refractivity contribution < 1.29 is 14.3 Å². The van der Waals surface area contributed by atoms with Crippen LogP contribution in [0.4, 0.5) is 4.39 Å². The Morgan fingerprint density at radius 3 is 2.67 bits per heavy atom. The highest BCUT2D eigenvalue weighted by molar-refractivity contribution is 5.69. The largest absolute Gasteiger partial charge is 0.480 e. The number of hydrogen-bond acceptors (Lipinski definition) is 2. The first-order valence-corrected chi connectivity index (χ1v) is 6.15. The van der Waals surface area contributed by atoms with Gasteiger partial charge in [0, 0.05) is 12.6 Å². The maximum absolute atomic E-state index is 13.2. The van der Waals surface area contributed by atoms with Gasteiger partial charge in [-0.15, -0.1) is 0 Å². The molecule has 0 aliphatic heterocycles. The van der Waals surface area contributed by atoms with Crippen LogP contribution in [0.3, 0.4) is 0 Å². The van der Waals surface area contributed by atoms with Crippen molar-refractivity contribution in [3.05, 3.63) is 35.1 Å². The second-order valence-electron chi connectivity index (χ2n) is 4.64. The number of aryl methyl sites for hydroxylation is 1. The van der Waals surface area contributed by atoms with E-state index in [1.54, 1.807) is 19.1 Å². The summed E-state index contributed by atoms with van der Waals surface area (Å²) < 4.78 is 13.2. The third kappa shape index (κ3) is 4.11. The zero-order chi connectivity index (χ0) is 13.7. The quantitative estimate of drug-likeness (QED) is 0.847. The standard InChI is InChI=1S/C14H20FNO2/c1-4-11(3)16(9-14(17)18)8-12-5-6-13(15)10(2)7-12/h5-7,11H,4,8-9H2,1-3H3,(H,17,18). The Kier molecular flexibility index (Phi) is 5.28. The minimum absolute atomic E-state index is 0.00539. The van der Waals surface area contributed by atoms with Crippen molar-refractivity contribution in [1.29, 1.82) is 0 Å². The summed E-state index contributed by atoms with van der Waals surface area (Å²) in [5.41, 5.74) is 1.53. The van der Waals surface area contributed by atoms with E-state index in [2.05, 4.69) is 0 Å². The number of carboxylic acids is 1. The van der Waals surface area contributed by atoms with Gasteiger partial charge < -0.3 is 5.11 Å². The molecule has 4 heteroatoms. The number of halogens is 1. The van der Waals surface area contributed by atoms with Crippen molar-refractivity contribution in [3.63, 3.8) is 0 Å². The van der Waals surface area contributed by atoms with E-state index >= 15 is 0 Å². The first-order chi connectivity index (χ1) is 8.43. The fourth-order valence-corrected chi connectivity index (χ4v) is 1.84. The van der Waals surface area contributed by atoms with Crippen molar-refractivity contribution >= 4 is 5.97 Å². The SMILES string of the molecule is CCC(C)N(CC(=O)O)Cc1ccc(F)c(C)c1. The van der Waals surface area contributed by atoms with E-state index < -0.39 is 5.97 Å². The topological polar surface area (TPSA) is 40.5 Å². The van der Waals surface area contributed by atoms with Gasteiger partial charge >= 0.3 is 5.97 Å². The molecule has 1 aromatic carbocycles. The molecule has 3 nitrogen and oxygen atoms in total. The van der Waals surface area contributed by atoms with Gasteiger partial charge in [0.2, 0.25) is 0 Å². The molecular weight excluding hydrogens is 233 g/mol. The Morgan fingerprint density at radius 2 is 2.17 bits per heavy atom. The highest BCUT2D eigenvalue weighted by Crippen LogP contribution is 2.14. The van der Waals surface area contributed by atoms with Gasteiger partial charge in [-0.2, -0.15) is 0 Å². The third-order valence-corrected chi connectivity index (χ3v) is 3.16. The van der Waals surface area contributed by atoms with Crippen LogP contribution in [-0.4, -0.2) is 28.6 Å². The zero-order valence-corrected chi connectivity index (χ0v) is 11.1.